The number of aryl methyl sites for hydroxylation is 1. The highest BCUT2D eigenvalue weighted by molar-refractivity contribution is 7.17. The minimum Gasteiger partial charge on any atom is -0.476 e. The fraction of sp³-hybridized carbons (Fsp3) is 0.0625. The zero-order chi connectivity index (χ0) is 16.1. The van der Waals surface area contributed by atoms with Crippen LogP contribution < -0.4 is 5.56 Å². The van der Waals surface area contributed by atoms with Crippen molar-refractivity contribution in [3.05, 3.63) is 58.1 Å². The Morgan fingerprint density at radius 3 is 2.70 bits per heavy atom. The molecule has 1 N–H and O–H groups in total. The molecular weight excluding hydrogens is 314 g/mol. The van der Waals surface area contributed by atoms with Gasteiger partial charge in [0.25, 0.3) is 5.56 Å². The van der Waals surface area contributed by atoms with Gasteiger partial charge in [-0.05, 0) is 5.56 Å². The Morgan fingerprint density at radius 2 is 2.00 bits per heavy atom. The summed E-state index contributed by atoms with van der Waals surface area (Å²) in [6, 6.07) is 9.65. The SMILES string of the molecule is Cn1c(=O)c2c(-c3ccccc3)csc2n2cnc(C(=O)O)c12. The molecule has 0 atom stereocenters. The lowest BCUT2D eigenvalue weighted by atomic mass is 10.1. The van der Waals surface area contributed by atoms with E-state index in [0.717, 1.165) is 11.1 Å². The molecule has 0 saturated heterocycles. The van der Waals surface area contributed by atoms with Crippen LogP contribution >= 0.6 is 11.3 Å². The number of thiophene rings is 1. The van der Waals surface area contributed by atoms with E-state index < -0.39 is 5.97 Å². The summed E-state index contributed by atoms with van der Waals surface area (Å²) in [5, 5.41) is 11.7. The predicted molar refractivity (Wildman–Crippen MR) is 88.2 cm³/mol. The highest BCUT2D eigenvalue weighted by atomic mass is 32.1. The van der Waals surface area contributed by atoms with E-state index in [-0.39, 0.29) is 16.9 Å². The topological polar surface area (TPSA) is 76.6 Å². The van der Waals surface area contributed by atoms with Gasteiger partial charge in [0.05, 0.1) is 5.39 Å². The highest BCUT2D eigenvalue weighted by Gasteiger charge is 2.21. The van der Waals surface area contributed by atoms with Crippen molar-refractivity contribution in [3.63, 3.8) is 0 Å². The molecule has 7 heteroatoms. The zero-order valence-corrected chi connectivity index (χ0v) is 12.9. The van der Waals surface area contributed by atoms with E-state index in [1.165, 1.54) is 22.2 Å². The fourth-order valence-corrected chi connectivity index (χ4v) is 3.83. The van der Waals surface area contributed by atoms with Crippen molar-refractivity contribution in [1.29, 1.82) is 0 Å². The average molecular weight is 325 g/mol. The number of hydrogen-bond donors (Lipinski definition) is 1. The number of imidazole rings is 1. The predicted octanol–water partition coefficient (Wildman–Crippen LogP) is 2.61. The summed E-state index contributed by atoms with van der Waals surface area (Å²) in [5.74, 6) is -1.15. The van der Waals surface area contributed by atoms with E-state index in [9.17, 15) is 14.7 Å². The van der Waals surface area contributed by atoms with Crippen LogP contribution in [0.4, 0.5) is 0 Å². The van der Waals surface area contributed by atoms with Crippen molar-refractivity contribution < 1.29 is 9.90 Å². The number of carboxylic acid groups (broad SMARTS) is 1. The molecule has 0 fully saturated rings. The Hall–Kier alpha value is -2.93. The number of aromatic carboxylic acids is 1. The van der Waals surface area contributed by atoms with Crippen LogP contribution in [0, 0.1) is 0 Å². The zero-order valence-electron chi connectivity index (χ0n) is 12.1. The van der Waals surface area contributed by atoms with Gasteiger partial charge in [0.2, 0.25) is 0 Å². The molecule has 0 aliphatic rings. The molecule has 1 aromatic carbocycles. The maximum absolute atomic E-state index is 12.8. The van der Waals surface area contributed by atoms with E-state index in [1.807, 2.05) is 35.7 Å². The third-order valence-corrected chi connectivity index (χ3v) is 4.83. The molecule has 0 radical (unpaired) electrons. The first kappa shape index (κ1) is 13.7. The van der Waals surface area contributed by atoms with Crippen LogP contribution in [0.1, 0.15) is 10.5 Å². The molecule has 6 nitrogen and oxygen atoms in total. The van der Waals surface area contributed by atoms with Gasteiger partial charge >= 0.3 is 5.97 Å². The van der Waals surface area contributed by atoms with Crippen LogP contribution in [0.5, 0.6) is 0 Å². The van der Waals surface area contributed by atoms with E-state index >= 15 is 0 Å². The number of aromatic nitrogens is 3. The molecule has 0 saturated carbocycles. The smallest absolute Gasteiger partial charge is 0.358 e. The summed E-state index contributed by atoms with van der Waals surface area (Å²) < 4.78 is 3.01. The summed E-state index contributed by atoms with van der Waals surface area (Å²) in [4.78, 5) is 28.8. The van der Waals surface area contributed by atoms with E-state index in [4.69, 9.17) is 0 Å². The molecule has 4 aromatic rings. The number of rotatable bonds is 2. The Balaban J connectivity index is 2.18. The molecule has 3 aromatic heterocycles. The van der Waals surface area contributed by atoms with Gasteiger partial charge in [-0.3, -0.25) is 13.8 Å². The number of carbonyl (C=O) groups is 1. The lowest BCUT2D eigenvalue weighted by molar-refractivity contribution is 0.0693. The van der Waals surface area contributed by atoms with Crippen molar-refractivity contribution in [2.75, 3.05) is 0 Å². The summed E-state index contributed by atoms with van der Waals surface area (Å²) >= 11 is 1.40. The molecule has 0 spiro atoms. The standard InChI is InChI=1S/C16H11N3O3S/c1-18-13-12(16(21)22)17-8-19(13)15-11(14(18)20)10(7-23-15)9-5-3-2-4-6-9/h2-8H,1H3,(H,21,22). The summed E-state index contributed by atoms with van der Waals surface area (Å²) in [7, 11) is 1.57. The van der Waals surface area contributed by atoms with Gasteiger partial charge in [-0.25, -0.2) is 9.78 Å². The first-order chi connectivity index (χ1) is 11.1. The van der Waals surface area contributed by atoms with Crippen molar-refractivity contribution in [2.24, 2.45) is 7.05 Å². The van der Waals surface area contributed by atoms with Gasteiger partial charge < -0.3 is 5.11 Å². The van der Waals surface area contributed by atoms with Crippen LogP contribution in [-0.4, -0.2) is 25.0 Å². The molecule has 0 aliphatic heterocycles. The molecule has 4 rings (SSSR count). The van der Waals surface area contributed by atoms with Gasteiger partial charge in [-0.1, -0.05) is 30.3 Å². The second kappa shape index (κ2) is 4.79. The highest BCUT2D eigenvalue weighted by Crippen LogP contribution is 2.32. The van der Waals surface area contributed by atoms with Crippen LogP contribution in [0.25, 0.3) is 27.0 Å². The Bertz CT molecular complexity index is 1120. The van der Waals surface area contributed by atoms with Crippen LogP contribution in [0.15, 0.2) is 46.8 Å². The van der Waals surface area contributed by atoms with Crippen molar-refractivity contribution >= 4 is 33.2 Å². The summed E-state index contributed by atoms with van der Waals surface area (Å²) in [6.45, 7) is 0. The van der Waals surface area contributed by atoms with E-state index in [2.05, 4.69) is 4.98 Å². The third kappa shape index (κ3) is 1.83. The van der Waals surface area contributed by atoms with Crippen molar-refractivity contribution in [3.8, 4) is 11.1 Å². The van der Waals surface area contributed by atoms with E-state index in [0.29, 0.717) is 10.2 Å². The largest absolute Gasteiger partial charge is 0.476 e. The lowest BCUT2D eigenvalue weighted by Crippen LogP contribution is -2.20. The number of carboxylic acids is 1. The van der Waals surface area contributed by atoms with Gasteiger partial charge in [0.1, 0.15) is 11.2 Å². The second-order valence-electron chi connectivity index (χ2n) is 5.15. The van der Waals surface area contributed by atoms with Gasteiger partial charge in [0, 0.05) is 18.0 Å². The fourth-order valence-electron chi connectivity index (χ4n) is 2.79. The Kier molecular flexibility index (Phi) is 2.85. The van der Waals surface area contributed by atoms with Crippen LogP contribution in [0.3, 0.4) is 0 Å². The second-order valence-corrected chi connectivity index (χ2v) is 6.01. The molecule has 3 heterocycles. The van der Waals surface area contributed by atoms with E-state index in [1.54, 1.807) is 11.4 Å². The van der Waals surface area contributed by atoms with Crippen molar-refractivity contribution in [2.45, 2.75) is 0 Å². The van der Waals surface area contributed by atoms with Crippen LogP contribution in [-0.2, 0) is 7.05 Å². The first-order valence-corrected chi connectivity index (χ1v) is 7.73. The van der Waals surface area contributed by atoms with Gasteiger partial charge in [-0.2, -0.15) is 0 Å². The minimum absolute atomic E-state index is 0.124. The van der Waals surface area contributed by atoms with Crippen LogP contribution in [0.2, 0.25) is 0 Å². The Labute approximate surface area is 133 Å². The molecule has 0 amide bonds. The molecule has 0 bridgehead atoms. The number of hydrogen-bond acceptors (Lipinski definition) is 4. The summed E-state index contributed by atoms with van der Waals surface area (Å²) in [5.41, 5.74) is 1.74. The monoisotopic (exact) mass is 325 g/mol. The molecule has 23 heavy (non-hydrogen) atoms. The minimum atomic E-state index is -1.15. The summed E-state index contributed by atoms with van der Waals surface area (Å²) in [6.07, 6.45) is 1.45. The number of nitrogens with zero attached hydrogens (tertiary/aromatic N) is 3. The molecular formula is C16H11N3O3S. The average Bonchev–Trinajstić information content (AvgIpc) is 3.17. The quantitative estimate of drug-likeness (QED) is 0.614. The normalized spacial score (nSPS) is 11.3. The molecule has 0 unspecified atom stereocenters. The van der Waals surface area contributed by atoms with Crippen molar-refractivity contribution in [1.82, 2.24) is 14.0 Å². The Morgan fingerprint density at radius 1 is 1.26 bits per heavy atom. The van der Waals surface area contributed by atoms with Gasteiger partial charge in [0.15, 0.2) is 11.3 Å². The molecule has 114 valence electrons. The number of benzene rings is 1. The lowest BCUT2D eigenvalue weighted by Gasteiger charge is -2.06. The maximum Gasteiger partial charge on any atom is 0.358 e. The first-order valence-electron chi connectivity index (χ1n) is 6.85. The van der Waals surface area contributed by atoms with Gasteiger partial charge in [-0.15, -0.1) is 11.3 Å². The third-order valence-electron chi connectivity index (χ3n) is 3.86. The maximum atomic E-state index is 12.8. The molecule has 0 aliphatic carbocycles. The number of fused-ring (bicyclic) bond motifs is 3.